The van der Waals surface area contributed by atoms with Crippen LogP contribution in [0.4, 0.5) is 0 Å². The average Bonchev–Trinajstić information content (AvgIpc) is 2.12. The van der Waals surface area contributed by atoms with Crippen molar-refractivity contribution in [1.29, 1.82) is 0 Å². The standard InChI is InChI=1S/C13H26N2O3/c1-5-10(7-12(17)18)15-11(16)6-9(14)8-13(2,3)4/h9-10H,5-8,14H2,1-4H3,(H,15,16)(H,17,18). The highest BCUT2D eigenvalue weighted by Gasteiger charge is 2.20. The van der Waals surface area contributed by atoms with E-state index in [1.165, 1.54) is 0 Å². The molecule has 18 heavy (non-hydrogen) atoms. The van der Waals surface area contributed by atoms with Crippen molar-refractivity contribution in [2.75, 3.05) is 0 Å². The molecule has 0 bridgehead atoms. The number of hydrogen-bond donors (Lipinski definition) is 3. The van der Waals surface area contributed by atoms with Gasteiger partial charge in [-0.2, -0.15) is 0 Å². The summed E-state index contributed by atoms with van der Waals surface area (Å²) in [6, 6.07) is -0.496. The van der Waals surface area contributed by atoms with Crippen LogP contribution in [0.3, 0.4) is 0 Å². The summed E-state index contributed by atoms with van der Waals surface area (Å²) in [5.74, 6) is -1.07. The van der Waals surface area contributed by atoms with E-state index in [0.29, 0.717) is 6.42 Å². The largest absolute Gasteiger partial charge is 0.481 e. The van der Waals surface area contributed by atoms with Crippen LogP contribution in [0.25, 0.3) is 0 Å². The SMILES string of the molecule is CCC(CC(=O)O)NC(=O)CC(N)CC(C)(C)C. The van der Waals surface area contributed by atoms with Crippen molar-refractivity contribution in [3.8, 4) is 0 Å². The molecule has 0 aliphatic heterocycles. The van der Waals surface area contributed by atoms with E-state index in [0.717, 1.165) is 6.42 Å². The van der Waals surface area contributed by atoms with Gasteiger partial charge in [-0.25, -0.2) is 0 Å². The topological polar surface area (TPSA) is 92.4 Å². The molecule has 0 aromatic carbocycles. The number of amides is 1. The van der Waals surface area contributed by atoms with Gasteiger partial charge in [-0.1, -0.05) is 27.7 Å². The first-order valence-corrected chi connectivity index (χ1v) is 6.40. The monoisotopic (exact) mass is 258 g/mol. The van der Waals surface area contributed by atoms with Gasteiger partial charge in [0.25, 0.3) is 0 Å². The smallest absolute Gasteiger partial charge is 0.305 e. The van der Waals surface area contributed by atoms with E-state index < -0.39 is 5.97 Å². The zero-order valence-electron chi connectivity index (χ0n) is 11.8. The van der Waals surface area contributed by atoms with E-state index in [9.17, 15) is 9.59 Å². The lowest BCUT2D eigenvalue weighted by molar-refractivity contribution is -0.137. The Bertz CT molecular complexity index is 284. The Balaban J connectivity index is 4.12. The number of carboxylic acids is 1. The van der Waals surface area contributed by atoms with E-state index in [2.05, 4.69) is 26.1 Å². The average molecular weight is 258 g/mol. The molecule has 1 amide bonds. The van der Waals surface area contributed by atoms with Crippen molar-refractivity contribution in [1.82, 2.24) is 5.32 Å². The fourth-order valence-corrected chi connectivity index (χ4v) is 1.89. The van der Waals surface area contributed by atoms with Crippen LogP contribution < -0.4 is 11.1 Å². The van der Waals surface area contributed by atoms with Crippen LogP contribution in [-0.4, -0.2) is 29.1 Å². The molecule has 0 aromatic heterocycles. The maximum Gasteiger partial charge on any atom is 0.305 e. The number of nitrogens with one attached hydrogen (secondary N) is 1. The second kappa shape index (κ2) is 7.36. The Hall–Kier alpha value is -1.10. The number of carbonyl (C=O) groups is 2. The summed E-state index contributed by atoms with van der Waals surface area (Å²) < 4.78 is 0. The van der Waals surface area contributed by atoms with Crippen molar-refractivity contribution in [3.05, 3.63) is 0 Å². The molecule has 2 atom stereocenters. The predicted octanol–water partition coefficient (Wildman–Crippen LogP) is 1.51. The molecule has 5 nitrogen and oxygen atoms in total. The van der Waals surface area contributed by atoms with Crippen LogP contribution in [0.2, 0.25) is 0 Å². The summed E-state index contributed by atoms with van der Waals surface area (Å²) in [6.07, 6.45) is 1.56. The van der Waals surface area contributed by atoms with Gasteiger partial charge in [-0.15, -0.1) is 0 Å². The number of hydrogen-bond acceptors (Lipinski definition) is 3. The highest BCUT2D eigenvalue weighted by Crippen LogP contribution is 2.21. The van der Waals surface area contributed by atoms with Crippen molar-refractivity contribution in [2.45, 2.75) is 65.5 Å². The summed E-state index contributed by atoms with van der Waals surface area (Å²) in [7, 11) is 0. The summed E-state index contributed by atoms with van der Waals surface area (Å²) in [5, 5.41) is 11.4. The zero-order chi connectivity index (χ0) is 14.3. The van der Waals surface area contributed by atoms with Gasteiger partial charge in [0.05, 0.1) is 6.42 Å². The van der Waals surface area contributed by atoms with Crippen LogP contribution in [0.15, 0.2) is 0 Å². The molecule has 0 heterocycles. The number of aliphatic carboxylic acids is 1. The van der Waals surface area contributed by atoms with Crippen molar-refractivity contribution < 1.29 is 14.7 Å². The molecule has 0 radical (unpaired) electrons. The molecular weight excluding hydrogens is 232 g/mol. The van der Waals surface area contributed by atoms with Crippen molar-refractivity contribution in [2.24, 2.45) is 11.1 Å². The van der Waals surface area contributed by atoms with Crippen molar-refractivity contribution in [3.63, 3.8) is 0 Å². The highest BCUT2D eigenvalue weighted by molar-refractivity contribution is 5.77. The van der Waals surface area contributed by atoms with Gasteiger partial charge in [-0.3, -0.25) is 9.59 Å². The summed E-state index contributed by atoms with van der Waals surface area (Å²) in [4.78, 5) is 22.3. The Morgan fingerprint density at radius 2 is 1.83 bits per heavy atom. The van der Waals surface area contributed by atoms with Gasteiger partial charge in [-0.05, 0) is 18.3 Å². The number of rotatable bonds is 7. The minimum Gasteiger partial charge on any atom is -0.481 e. The summed E-state index contributed by atoms with van der Waals surface area (Å²) in [5.41, 5.74) is 5.99. The molecule has 0 aliphatic carbocycles. The lowest BCUT2D eigenvalue weighted by Gasteiger charge is -2.23. The van der Waals surface area contributed by atoms with E-state index in [-0.39, 0.29) is 36.2 Å². The van der Waals surface area contributed by atoms with Crippen LogP contribution >= 0.6 is 0 Å². The van der Waals surface area contributed by atoms with Crippen LogP contribution in [0, 0.1) is 5.41 Å². The molecule has 0 saturated carbocycles. The second-order valence-corrected chi connectivity index (χ2v) is 6.00. The maximum atomic E-state index is 11.7. The van der Waals surface area contributed by atoms with E-state index in [1.54, 1.807) is 0 Å². The first-order chi connectivity index (χ1) is 8.14. The third-order valence-electron chi connectivity index (χ3n) is 2.60. The molecular formula is C13H26N2O3. The fourth-order valence-electron chi connectivity index (χ4n) is 1.89. The first kappa shape index (κ1) is 16.9. The Morgan fingerprint density at radius 1 is 1.28 bits per heavy atom. The van der Waals surface area contributed by atoms with Gasteiger partial charge in [0.1, 0.15) is 0 Å². The maximum absolute atomic E-state index is 11.7. The molecule has 5 heteroatoms. The third kappa shape index (κ3) is 8.98. The summed E-state index contributed by atoms with van der Waals surface area (Å²) in [6.45, 7) is 8.07. The summed E-state index contributed by atoms with van der Waals surface area (Å²) >= 11 is 0. The van der Waals surface area contributed by atoms with Gasteiger partial charge < -0.3 is 16.2 Å². The molecule has 0 aliphatic rings. The van der Waals surface area contributed by atoms with Gasteiger partial charge in [0, 0.05) is 18.5 Å². The predicted molar refractivity (Wildman–Crippen MR) is 71.1 cm³/mol. The van der Waals surface area contributed by atoms with E-state index in [1.807, 2.05) is 6.92 Å². The molecule has 0 saturated heterocycles. The molecule has 4 N–H and O–H groups in total. The number of carbonyl (C=O) groups excluding carboxylic acids is 1. The Kier molecular flexibility index (Phi) is 6.91. The molecule has 106 valence electrons. The minimum atomic E-state index is -0.902. The molecule has 2 unspecified atom stereocenters. The van der Waals surface area contributed by atoms with Gasteiger partial charge in [0.15, 0.2) is 0 Å². The van der Waals surface area contributed by atoms with Crippen LogP contribution in [-0.2, 0) is 9.59 Å². The van der Waals surface area contributed by atoms with E-state index in [4.69, 9.17) is 10.8 Å². The highest BCUT2D eigenvalue weighted by atomic mass is 16.4. The second-order valence-electron chi connectivity index (χ2n) is 6.00. The lowest BCUT2D eigenvalue weighted by atomic mass is 9.87. The zero-order valence-corrected chi connectivity index (χ0v) is 11.8. The fraction of sp³-hybridized carbons (Fsp3) is 0.846. The minimum absolute atomic E-state index is 0.0449. The normalized spacial score (nSPS) is 14.9. The lowest BCUT2D eigenvalue weighted by Crippen LogP contribution is -2.40. The van der Waals surface area contributed by atoms with Crippen molar-refractivity contribution >= 4 is 11.9 Å². The first-order valence-electron chi connectivity index (χ1n) is 6.40. The van der Waals surface area contributed by atoms with Gasteiger partial charge >= 0.3 is 5.97 Å². The number of carboxylic acid groups (broad SMARTS) is 1. The van der Waals surface area contributed by atoms with E-state index >= 15 is 0 Å². The Morgan fingerprint density at radius 3 is 2.22 bits per heavy atom. The molecule has 0 fully saturated rings. The quantitative estimate of drug-likeness (QED) is 0.645. The Labute approximate surface area is 109 Å². The molecule has 0 spiro atoms. The molecule has 0 aromatic rings. The van der Waals surface area contributed by atoms with Crippen LogP contribution in [0.1, 0.15) is 53.4 Å². The van der Waals surface area contributed by atoms with Crippen LogP contribution in [0.5, 0.6) is 0 Å². The third-order valence-corrected chi connectivity index (χ3v) is 2.60. The number of nitrogens with two attached hydrogens (primary N) is 1. The van der Waals surface area contributed by atoms with Gasteiger partial charge in [0.2, 0.25) is 5.91 Å². The molecule has 0 rings (SSSR count).